The average Bonchev–Trinajstić information content (AvgIpc) is 2.99. The molecule has 1 heterocycles. The monoisotopic (exact) mass is 317 g/mol. The lowest BCUT2D eigenvalue weighted by atomic mass is 10.1. The molecular weight excluding hydrogens is 286 g/mol. The van der Waals surface area contributed by atoms with Gasteiger partial charge in [0.1, 0.15) is 4.32 Å². The maximum absolute atomic E-state index is 8.68. The van der Waals surface area contributed by atoms with Crippen molar-refractivity contribution in [2.75, 3.05) is 25.4 Å². The van der Waals surface area contributed by atoms with E-state index in [9.17, 15) is 0 Å². The van der Waals surface area contributed by atoms with Crippen molar-refractivity contribution in [2.45, 2.75) is 70.6 Å². The number of aliphatic hydroxyl groups is 1. The van der Waals surface area contributed by atoms with E-state index < -0.39 is 0 Å². The zero-order chi connectivity index (χ0) is 14.5. The first-order chi connectivity index (χ1) is 9.84. The smallest absolute Gasteiger partial charge is 0.136 e. The van der Waals surface area contributed by atoms with Gasteiger partial charge in [-0.05, 0) is 25.7 Å². The number of rotatable bonds is 11. The van der Waals surface area contributed by atoms with E-state index in [0.717, 1.165) is 10.7 Å². The Morgan fingerprint density at radius 2 is 1.35 bits per heavy atom. The minimum Gasteiger partial charge on any atom is -0.396 e. The van der Waals surface area contributed by atoms with Crippen molar-refractivity contribution in [3.8, 4) is 0 Å². The molecule has 0 unspecified atom stereocenters. The highest BCUT2D eigenvalue weighted by Gasteiger charge is 2.14. The molecule has 0 spiro atoms. The van der Waals surface area contributed by atoms with Crippen LogP contribution >= 0.6 is 24.0 Å². The Morgan fingerprint density at radius 1 is 0.850 bits per heavy atom. The zero-order valence-corrected chi connectivity index (χ0v) is 14.5. The van der Waals surface area contributed by atoms with Crippen molar-refractivity contribution >= 4 is 28.3 Å². The normalized spacial score (nSPS) is 14.9. The van der Waals surface area contributed by atoms with E-state index in [2.05, 4.69) is 4.90 Å². The van der Waals surface area contributed by atoms with Crippen LogP contribution in [0.4, 0.5) is 0 Å². The number of thiocarbonyl (C=S) groups is 1. The van der Waals surface area contributed by atoms with Crippen LogP contribution in [0.5, 0.6) is 0 Å². The molecule has 1 fully saturated rings. The molecule has 1 N–H and O–H groups in total. The van der Waals surface area contributed by atoms with Crippen LogP contribution in [0.25, 0.3) is 0 Å². The van der Waals surface area contributed by atoms with Gasteiger partial charge in [0.25, 0.3) is 0 Å². The van der Waals surface area contributed by atoms with Crippen molar-refractivity contribution in [3.05, 3.63) is 0 Å². The molecule has 1 aliphatic heterocycles. The number of nitrogens with zero attached hydrogens (tertiary/aromatic N) is 1. The fraction of sp³-hybridized carbons (Fsp3) is 0.938. The van der Waals surface area contributed by atoms with Gasteiger partial charge in [0, 0.05) is 25.4 Å². The fourth-order valence-corrected chi connectivity index (χ4v) is 3.92. The number of unbranched alkanes of at least 4 members (excludes halogenated alkanes) is 8. The summed E-state index contributed by atoms with van der Waals surface area (Å²) in [6.07, 6.45) is 14.2. The van der Waals surface area contributed by atoms with Crippen LogP contribution in [0, 0.1) is 0 Å². The highest BCUT2D eigenvalue weighted by Crippen LogP contribution is 2.18. The van der Waals surface area contributed by atoms with Gasteiger partial charge in [-0.15, -0.1) is 0 Å². The van der Waals surface area contributed by atoms with Crippen molar-refractivity contribution in [3.63, 3.8) is 0 Å². The lowest BCUT2D eigenvalue weighted by Crippen LogP contribution is -2.23. The van der Waals surface area contributed by atoms with Gasteiger partial charge in [-0.1, -0.05) is 68.9 Å². The van der Waals surface area contributed by atoms with E-state index in [1.165, 1.54) is 83.1 Å². The maximum atomic E-state index is 8.68. The standard InChI is InChI=1S/C16H31NOS2/c18-14-10-6-4-2-1-3-5-7-11-15-20-16(19)17-12-8-9-13-17/h18H,1-15H2. The van der Waals surface area contributed by atoms with Crippen LogP contribution in [0.15, 0.2) is 0 Å². The summed E-state index contributed by atoms with van der Waals surface area (Å²) in [5, 5.41) is 8.68. The largest absolute Gasteiger partial charge is 0.396 e. The summed E-state index contributed by atoms with van der Waals surface area (Å²) in [5.41, 5.74) is 0. The number of hydrogen-bond donors (Lipinski definition) is 1. The molecule has 4 heteroatoms. The van der Waals surface area contributed by atoms with Gasteiger partial charge in [0.2, 0.25) is 0 Å². The summed E-state index contributed by atoms with van der Waals surface area (Å²) < 4.78 is 1.13. The van der Waals surface area contributed by atoms with Crippen LogP contribution in [0.3, 0.4) is 0 Å². The van der Waals surface area contributed by atoms with E-state index in [1.807, 2.05) is 11.8 Å². The first kappa shape index (κ1) is 18.2. The van der Waals surface area contributed by atoms with Crippen molar-refractivity contribution in [1.82, 2.24) is 4.90 Å². The Kier molecular flexibility index (Phi) is 11.8. The Hall–Kier alpha value is 0.200. The Labute approximate surface area is 134 Å². The first-order valence-electron chi connectivity index (χ1n) is 8.37. The third-order valence-electron chi connectivity index (χ3n) is 3.89. The molecule has 0 aromatic heterocycles. The molecule has 0 aromatic rings. The van der Waals surface area contributed by atoms with Crippen LogP contribution in [-0.4, -0.2) is 39.8 Å². The van der Waals surface area contributed by atoms with Gasteiger partial charge < -0.3 is 10.0 Å². The van der Waals surface area contributed by atoms with E-state index in [4.69, 9.17) is 17.3 Å². The molecule has 20 heavy (non-hydrogen) atoms. The van der Waals surface area contributed by atoms with E-state index in [0.29, 0.717) is 6.61 Å². The number of hydrogen-bond acceptors (Lipinski definition) is 3. The van der Waals surface area contributed by atoms with Crippen molar-refractivity contribution < 1.29 is 5.11 Å². The van der Waals surface area contributed by atoms with Crippen LogP contribution in [0.2, 0.25) is 0 Å². The Balaban J connectivity index is 1.77. The van der Waals surface area contributed by atoms with E-state index in [-0.39, 0.29) is 0 Å². The second-order valence-electron chi connectivity index (χ2n) is 5.71. The number of likely N-dealkylation sites (tertiary alicyclic amines) is 1. The van der Waals surface area contributed by atoms with Crippen LogP contribution in [-0.2, 0) is 0 Å². The summed E-state index contributed by atoms with van der Waals surface area (Å²) in [6.45, 7) is 2.72. The molecular formula is C16H31NOS2. The molecule has 0 amide bonds. The van der Waals surface area contributed by atoms with Gasteiger partial charge in [0.15, 0.2) is 0 Å². The third kappa shape index (κ3) is 9.19. The van der Waals surface area contributed by atoms with Gasteiger partial charge in [0.05, 0.1) is 0 Å². The van der Waals surface area contributed by atoms with Crippen LogP contribution in [0.1, 0.15) is 70.6 Å². The van der Waals surface area contributed by atoms with Gasteiger partial charge >= 0.3 is 0 Å². The zero-order valence-electron chi connectivity index (χ0n) is 12.8. The van der Waals surface area contributed by atoms with E-state index in [1.54, 1.807) is 0 Å². The molecule has 0 radical (unpaired) electrons. The number of thioether (sulfide) groups is 1. The lowest BCUT2D eigenvalue weighted by Gasteiger charge is -2.17. The van der Waals surface area contributed by atoms with Gasteiger partial charge in [-0.3, -0.25) is 0 Å². The molecule has 2 nitrogen and oxygen atoms in total. The second kappa shape index (κ2) is 12.9. The fourth-order valence-electron chi connectivity index (χ4n) is 2.60. The molecule has 0 bridgehead atoms. The maximum Gasteiger partial charge on any atom is 0.136 e. The quantitative estimate of drug-likeness (QED) is 0.444. The summed E-state index contributed by atoms with van der Waals surface area (Å²) in [4.78, 5) is 2.37. The summed E-state index contributed by atoms with van der Waals surface area (Å²) in [5.74, 6) is 1.20. The highest BCUT2D eigenvalue weighted by atomic mass is 32.2. The molecule has 1 aliphatic rings. The SMILES string of the molecule is OCCCCCCCCCCCSC(=S)N1CCCC1. The molecule has 118 valence electrons. The van der Waals surface area contributed by atoms with Crippen molar-refractivity contribution in [2.24, 2.45) is 0 Å². The minimum absolute atomic E-state index is 0.358. The summed E-state index contributed by atoms with van der Waals surface area (Å²) >= 11 is 7.34. The highest BCUT2D eigenvalue weighted by molar-refractivity contribution is 8.22. The second-order valence-corrected chi connectivity index (χ2v) is 7.44. The summed E-state index contributed by atoms with van der Waals surface area (Å²) in [6, 6.07) is 0. The van der Waals surface area contributed by atoms with Gasteiger partial charge in [-0.2, -0.15) is 0 Å². The molecule has 0 saturated carbocycles. The van der Waals surface area contributed by atoms with Gasteiger partial charge in [-0.25, -0.2) is 0 Å². The Morgan fingerprint density at radius 3 is 1.90 bits per heavy atom. The topological polar surface area (TPSA) is 23.5 Å². The van der Waals surface area contributed by atoms with Crippen molar-refractivity contribution in [1.29, 1.82) is 0 Å². The molecule has 0 atom stereocenters. The van der Waals surface area contributed by atoms with E-state index >= 15 is 0 Å². The summed E-state index contributed by atoms with van der Waals surface area (Å²) in [7, 11) is 0. The minimum atomic E-state index is 0.358. The predicted molar refractivity (Wildman–Crippen MR) is 94.5 cm³/mol. The number of aliphatic hydroxyl groups excluding tert-OH is 1. The average molecular weight is 318 g/mol. The lowest BCUT2D eigenvalue weighted by molar-refractivity contribution is 0.282. The molecule has 0 aliphatic carbocycles. The van der Waals surface area contributed by atoms with Crippen LogP contribution < -0.4 is 0 Å². The third-order valence-corrected chi connectivity index (χ3v) is 5.50. The first-order valence-corrected chi connectivity index (χ1v) is 9.76. The molecule has 1 rings (SSSR count). The molecule has 1 saturated heterocycles. The molecule has 0 aromatic carbocycles. The Bertz CT molecular complexity index is 243. The predicted octanol–water partition coefficient (Wildman–Crippen LogP) is 4.60.